The first kappa shape index (κ1) is 8.99. The second-order valence-electron chi connectivity index (χ2n) is 3.64. The third-order valence-electron chi connectivity index (χ3n) is 2.97. The van der Waals surface area contributed by atoms with Crippen molar-refractivity contribution < 1.29 is 14.7 Å². The minimum Gasteiger partial charge on any atom is -0.465 e. The van der Waals surface area contributed by atoms with Gasteiger partial charge in [-0.25, -0.2) is 4.79 Å². The Hall–Kier alpha value is -0.580. The number of nitrogens with zero attached hydrogens (tertiary/aromatic N) is 1. The van der Waals surface area contributed by atoms with Crippen molar-refractivity contribution in [1.29, 1.82) is 0 Å². The molecule has 5 heteroatoms. The lowest BCUT2D eigenvalue weighted by molar-refractivity contribution is -0.118. The van der Waals surface area contributed by atoms with E-state index >= 15 is 0 Å². The zero-order valence-electron chi connectivity index (χ0n) is 6.94. The van der Waals surface area contributed by atoms with Crippen molar-refractivity contribution in [2.24, 2.45) is 17.8 Å². The van der Waals surface area contributed by atoms with E-state index in [0.29, 0.717) is 30.3 Å². The van der Waals surface area contributed by atoms with Crippen molar-refractivity contribution in [3.8, 4) is 0 Å². The summed E-state index contributed by atoms with van der Waals surface area (Å²) in [5.41, 5.74) is 0. The number of carbonyl (C=O) groups excluding carboxylic acids is 1. The van der Waals surface area contributed by atoms with Crippen LogP contribution >= 0.6 is 15.9 Å². The van der Waals surface area contributed by atoms with Crippen LogP contribution in [0.4, 0.5) is 4.79 Å². The van der Waals surface area contributed by atoms with Crippen LogP contribution in [0.25, 0.3) is 0 Å². The van der Waals surface area contributed by atoms with E-state index in [1.165, 1.54) is 4.90 Å². The number of hydrogen-bond donors (Lipinski definition) is 1. The van der Waals surface area contributed by atoms with Gasteiger partial charge < -0.3 is 10.0 Å². The summed E-state index contributed by atoms with van der Waals surface area (Å²) in [5, 5.41) is 9.07. The second kappa shape index (κ2) is 2.97. The molecule has 2 rings (SSSR count). The summed E-state index contributed by atoms with van der Waals surface area (Å²) < 4.78 is 0. The minimum atomic E-state index is -0.864. The van der Waals surface area contributed by atoms with Crippen molar-refractivity contribution in [2.45, 2.75) is 0 Å². The van der Waals surface area contributed by atoms with Gasteiger partial charge in [0.15, 0.2) is 0 Å². The summed E-state index contributed by atoms with van der Waals surface area (Å²) >= 11 is 3.13. The summed E-state index contributed by atoms with van der Waals surface area (Å²) in [6.07, 6.45) is -0.864. The predicted octanol–water partition coefficient (Wildman–Crippen LogP) is 0.806. The van der Waals surface area contributed by atoms with Crippen molar-refractivity contribution in [3.63, 3.8) is 0 Å². The molecule has 0 radical (unpaired) electrons. The van der Waals surface area contributed by atoms with Crippen molar-refractivity contribution in [3.05, 3.63) is 0 Å². The van der Waals surface area contributed by atoms with Gasteiger partial charge in [-0.1, -0.05) is 15.9 Å². The normalized spacial score (nSPS) is 35.8. The van der Waals surface area contributed by atoms with Gasteiger partial charge in [-0.2, -0.15) is 0 Å². The number of carbonyl (C=O) groups is 2. The smallest absolute Gasteiger partial charge is 0.407 e. The molecule has 13 heavy (non-hydrogen) atoms. The highest BCUT2D eigenvalue weighted by molar-refractivity contribution is 9.09. The van der Waals surface area contributed by atoms with Gasteiger partial charge in [0.1, 0.15) is 5.78 Å². The van der Waals surface area contributed by atoms with E-state index in [2.05, 4.69) is 15.9 Å². The molecular formula is C8H10BrNO3. The van der Waals surface area contributed by atoms with E-state index in [9.17, 15) is 9.59 Å². The molecule has 1 saturated carbocycles. The van der Waals surface area contributed by atoms with Gasteiger partial charge in [-0.15, -0.1) is 0 Å². The van der Waals surface area contributed by atoms with E-state index in [1.54, 1.807) is 0 Å². The molecule has 0 spiro atoms. The summed E-state index contributed by atoms with van der Waals surface area (Å²) in [7, 11) is 0. The molecule has 1 N–H and O–H groups in total. The molecule has 0 aromatic heterocycles. The van der Waals surface area contributed by atoms with Crippen LogP contribution < -0.4 is 0 Å². The molecule has 4 nitrogen and oxygen atoms in total. The molecule has 0 unspecified atom stereocenters. The fraction of sp³-hybridized carbons (Fsp3) is 0.750. The lowest BCUT2D eigenvalue weighted by Gasteiger charge is -2.14. The number of likely N-dealkylation sites (tertiary alicyclic amines) is 1. The average Bonchev–Trinajstić information content (AvgIpc) is 2.58. The second-order valence-corrected chi connectivity index (χ2v) is 4.20. The number of hydrogen-bond acceptors (Lipinski definition) is 2. The highest BCUT2D eigenvalue weighted by Crippen LogP contribution is 2.52. The summed E-state index contributed by atoms with van der Waals surface area (Å²) in [4.78, 5) is 23.2. The quantitative estimate of drug-likeness (QED) is 0.735. The van der Waals surface area contributed by atoms with Gasteiger partial charge in [-0.3, -0.25) is 4.79 Å². The van der Waals surface area contributed by atoms with Crippen LogP contribution in [0.5, 0.6) is 0 Å². The van der Waals surface area contributed by atoms with Crippen LogP contribution in [0, 0.1) is 17.8 Å². The molecule has 1 aliphatic heterocycles. The molecule has 2 aliphatic rings. The Labute approximate surface area is 84.0 Å². The average molecular weight is 248 g/mol. The van der Waals surface area contributed by atoms with Crippen LogP contribution in [-0.4, -0.2) is 40.3 Å². The van der Waals surface area contributed by atoms with E-state index in [4.69, 9.17) is 5.11 Å². The van der Waals surface area contributed by atoms with E-state index in [0.717, 1.165) is 0 Å². The summed E-state index contributed by atoms with van der Waals surface area (Å²) in [6, 6.07) is 0. The molecule has 72 valence electrons. The fourth-order valence-electron chi connectivity index (χ4n) is 2.25. The third-order valence-corrected chi connectivity index (χ3v) is 3.52. The number of amides is 1. The maximum atomic E-state index is 11.3. The number of alkyl halides is 1. The first-order valence-electron chi connectivity index (χ1n) is 4.21. The Morgan fingerprint density at radius 2 is 1.92 bits per heavy atom. The van der Waals surface area contributed by atoms with Crippen molar-refractivity contribution in [1.82, 2.24) is 4.90 Å². The molecular weight excluding hydrogens is 238 g/mol. The Morgan fingerprint density at radius 3 is 2.31 bits per heavy atom. The number of ketones is 1. The third kappa shape index (κ3) is 1.35. The number of carboxylic acid groups (broad SMARTS) is 1. The van der Waals surface area contributed by atoms with Gasteiger partial charge in [0.05, 0.1) is 5.33 Å². The number of Topliss-reactive ketones (excluding diaryl/α,β-unsaturated/α-hetero) is 1. The molecule has 2 fully saturated rings. The lowest BCUT2D eigenvalue weighted by atomic mass is 10.2. The zero-order chi connectivity index (χ0) is 9.59. The van der Waals surface area contributed by atoms with Crippen LogP contribution in [0.2, 0.25) is 0 Å². The zero-order valence-corrected chi connectivity index (χ0v) is 8.53. The highest BCUT2D eigenvalue weighted by Gasteiger charge is 2.59. The Kier molecular flexibility index (Phi) is 2.06. The van der Waals surface area contributed by atoms with E-state index in [1.807, 2.05) is 0 Å². The first-order valence-corrected chi connectivity index (χ1v) is 5.34. The maximum Gasteiger partial charge on any atom is 0.407 e. The molecule has 1 saturated heterocycles. The van der Waals surface area contributed by atoms with E-state index < -0.39 is 6.09 Å². The monoisotopic (exact) mass is 247 g/mol. The molecule has 1 aliphatic carbocycles. The standard InChI is InChI=1S/C8H10BrNO3/c9-1-6(11)7-4-2-10(8(12)13)3-5(4)7/h4-5,7H,1-3H2,(H,12,13)/t4-,5+,7-. The van der Waals surface area contributed by atoms with Gasteiger partial charge in [-0.05, 0) is 11.8 Å². The number of rotatable bonds is 2. The molecule has 1 amide bonds. The van der Waals surface area contributed by atoms with E-state index in [-0.39, 0.29) is 11.7 Å². The maximum absolute atomic E-state index is 11.3. The van der Waals surface area contributed by atoms with Crippen LogP contribution in [0.15, 0.2) is 0 Å². The SMILES string of the molecule is O=C(CBr)[C@@H]1[C@@H]2CN(C(=O)O)C[C@@H]21. The fourth-order valence-corrected chi connectivity index (χ4v) is 2.62. The van der Waals surface area contributed by atoms with Crippen LogP contribution in [-0.2, 0) is 4.79 Å². The van der Waals surface area contributed by atoms with Crippen LogP contribution in [0.3, 0.4) is 0 Å². The van der Waals surface area contributed by atoms with Gasteiger partial charge in [0, 0.05) is 19.0 Å². The van der Waals surface area contributed by atoms with Crippen molar-refractivity contribution >= 4 is 27.8 Å². The van der Waals surface area contributed by atoms with Gasteiger partial charge in [0.25, 0.3) is 0 Å². The van der Waals surface area contributed by atoms with Crippen LogP contribution in [0.1, 0.15) is 0 Å². The Morgan fingerprint density at radius 1 is 1.38 bits per heavy atom. The van der Waals surface area contributed by atoms with Crippen molar-refractivity contribution in [2.75, 3.05) is 18.4 Å². The summed E-state index contributed by atoms with van der Waals surface area (Å²) in [6.45, 7) is 1.09. The predicted molar refractivity (Wildman–Crippen MR) is 48.9 cm³/mol. The largest absolute Gasteiger partial charge is 0.465 e. The number of halogens is 1. The Bertz CT molecular complexity index is 256. The lowest BCUT2D eigenvalue weighted by Crippen LogP contribution is -2.31. The number of piperidine rings is 1. The highest BCUT2D eigenvalue weighted by atomic mass is 79.9. The molecule has 0 aromatic carbocycles. The minimum absolute atomic E-state index is 0.134. The molecule has 0 aromatic rings. The molecule has 1 heterocycles. The summed E-state index contributed by atoms with van der Waals surface area (Å²) in [5.74, 6) is 0.970. The number of fused-ring (bicyclic) bond motifs is 1. The first-order chi connectivity index (χ1) is 6.15. The topological polar surface area (TPSA) is 57.6 Å². The van der Waals surface area contributed by atoms with Gasteiger partial charge in [0.2, 0.25) is 0 Å². The molecule has 3 atom stereocenters. The molecule has 0 bridgehead atoms. The Balaban J connectivity index is 1.90. The van der Waals surface area contributed by atoms with Gasteiger partial charge >= 0.3 is 6.09 Å².